The zero-order chi connectivity index (χ0) is 12.4. The number of carbonyl (C=O) groups is 1. The van der Waals surface area contributed by atoms with E-state index in [4.69, 9.17) is 0 Å². The van der Waals surface area contributed by atoms with Crippen LogP contribution in [-0.2, 0) is 14.9 Å². The van der Waals surface area contributed by atoms with Gasteiger partial charge < -0.3 is 0 Å². The number of hydrogen-bond acceptors (Lipinski definition) is 3. The minimum Gasteiger partial charge on any atom is -0.299 e. The molecule has 2 saturated carbocycles. The zero-order valence-corrected chi connectivity index (χ0v) is 11.6. The Morgan fingerprint density at radius 1 is 1.50 bits per heavy atom. The van der Waals surface area contributed by atoms with Crippen LogP contribution < -0.4 is 0 Å². The molecule has 92 valence electrons. The average molecular weight is 311 g/mol. The second-order valence-electron chi connectivity index (χ2n) is 5.39. The number of hydrogen-bond donors (Lipinski definition) is 1. The molecule has 6 heteroatoms. The average Bonchev–Trinajstić information content (AvgIpc) is 2.48. The quantitative estimate of drug-likeness (QED) is 0.625. The van der Waals surface area contributed by atoms with Crippen LogP contribution in [0.5, 0.6) is 0 Å². The van der Waals surface area contributed by atoms with Gasteiger partial charge >= 0.3 is 0 Å². The summed E-state index contributed by atoms with van der Waals surface area (Å²) >= 11 is 3.03. The molecule has 0 radical (unpaired) electrons. The van der Waals surface area contributed by atoms with Crippen molar-refractivity contribution >= 4 is 31.8 Å². The lowest BCUT2D eigenvalue weighted by Gasteiger charge is -2.38. The molecule has 16 heavy (non-hydrogen) atoms. The molecule has 0 amide bonds. The second kappa shape index (κ2) is 3.29. The molecule has 2 unspecified atom stereocenters. The van der Waals surface area contributed by atoms with Gasteiger partial charge in [0.2, 0.25) is 0 Å². The molecule has 0 heterocycles. The highest BCUT2D eigenvalue weighted by molar-refractivity contribution is 9.11. The van der Waals surface area contributed by atoms with E-state index in [0.29, 0.717) is 12.8 Å². The summed E-state index contributed by atoms with van der Waals surface area (Å²) < 4.78 is 30.6. The number of ketones is 1. The maximum atomic E-state index is 12.1. The third-order valence-electron chi connectivity index (χ3n) is 4.64. The lowest BCUT2D eigenvalue weighted by Crippen LogP contribution is -2.46. The van der Waals surface area contributed by atoms with Crippen molar-refractivity contribution in [1.29, 1.82) is 0 Å². The van der Waals surface area contributed by atoms with Gasteiger partial charge in [0.25, 0.3) is 10.1 Å². The fraction of sp³-hybridized carbons (Fsp3) is 0.900. The third kappa shape index (κ3) is 1.29. The van der Waals surface area contributed by atoms with Crippen LogP contribution in [0.4, 0.5) is 0 Å². The zero-order valence-electron chi connectivity index (χ0n) is 9.23. The minimum atomic E-state index is -4.24. The van der Waals surface area contributed by atoms with E-state index in [0.717, 1.165) is 6.42 Å². The van der Waals surface area contributed by atoms with Crippen molar-refractivity contribution in [3.05, 3.63) is 0 Å². The minimum absolute atomic E-state index is 0.0340. The smallest absolute Gasteiger partial charge is 0.278 e. The van der Waals surface area contributed by atoms with E-state index in [2.05, 4.69) is 15.9 Å². The van der Waals surface area contributed by atoms with E-state index in [1.807, 2.05) is 13.8 Å². The molecule has 2 rings (SSSR count). The molecule has 2 aliphatic rings. The SMILES string of the molecule is CC1(C)C2CC[C@@]1(C(Br)S(=O)(=O)O)C(=O)C2. The molecule has 0 aromatic rings. The van der Waals surface area contributed by atoms with Gasteiger partial charge in [0.05, 0.1) is 5.41 Å². The van der Waals surface area contributed by atoms with Crippen LogP contribution in [0.25, 0.3) is 0 Å². The van der Waals surface area contributed by atoms with Crippen molar-refractivity contribution in [1.82, 2.24) is 0 Å². The maximum absolute atomic E-state index is 12.1. The highest BCUT2D eigenvalue weighted by Crippen LogP contribution is 2.67. The molecule has 4 nitrogen and oxygen atoms in total. The molecule has 2 fully saturated rings. The van der Waals surface area contributed by atoms with E-state index < -0.39 is 19.7 Å². The Hall–Kier alpha value is 0.0600. The molecule has 1 N–H and O–H groups in total. The van der Waals surface area contributed by atoms with Crippen molar-refractivity contribution < 1.29 is 17.8 Å². The van der Waals surface area contributed by atoms with Gasteiger partial charge in [0.1, 0.15) is 5.78 Å². The Morgan fingerprint density at radius 3 is 2.38 bits per heavy atom. The predicted octanol–water partition coefficient (Wildman–Crippen LogP) is 1.99. The second-order valence-corrected chi connectivity index (χ2v) is 8.41. The van der Waals surface area contributed by atoms with Gasteiger partial charge in [0.15, 0.2) is 4.16 Å². The third-order valence-corrected chi connectivity index (χ3v) is 7.76. The summed E-state index contributed by atoms with van der Waals surface area (Å²) in [6.07, 6.45) is 1.83. The summed E-state index contributed by atoms with van der Waals surface area (Å²) in [4.78, 5) is 12.1. The van der Waals surface area contributed by atoms with Crippen LogP contribution in [0.2, 0.25) is 0 Å². The van der Waals surface area contributed by atoms with Crippen LogP contribution in [-0.4, -0.2) is 22.9 Å². The first kappa shape index (κ1) is 12.5. The van der Waals surface area contributed by atoms with E-state index in [-0.39, 0.29) is 17.1 Å². The lowest BCUT2D eigenvalue weighted by atomic mass is 9.70. The molecular formula is C10H15BrO4S. The molecule has 2 bridgehead atoms. The summed E-state index contributed by atoms with van der Waals surface area (Å²) in [6, 6.07) is 0. The Labute approximate surface area is 104 Å². The standard InChI is InChI=1S/C10H15BrO4S/c1-9(2)6-3-4-10(9,7(12)5-6)8(11)16(13,14)15/h6,8H,3-5H2,1-2H3,(H,13,14,15)/t6?,8?,10-/m0/s1. The molecule has 0 aromatic heterocycles. The van der Waals surface area contributed by atoms with Gasteiger partial charge in [-0.05, 0) is 24.2 Å². The van der Waals surface area contributed by atoms with Crippen LogP contribution in [0, 0.1) is 16.7 Å². The molecule has 0 spiro atoms. The summed E-state index contributed by atoms with van der Waals surface area (Å²) in [5.41, 5.74) is -1.32. The Bertz CT molecular complexity index is 442. The normalized spacial score (nSPS) is 39.0. The van der Waals surface area contributed by atoms with Crippen LogP contribution in [0.3, 0.4) is 0 Å². The Morgan fingerprint density at radius 2 is 2.06 bits per heavy atom. The van der Waals surface area contributed by atoms with Crippen LogP contribution in [0.15, 0.2) is 0 Å². The largest absolute Gasteiger partial charge is 0.299 e. The van der Waals surface area contributed by atoms with Crippen LogP contribution in [0.1, 0.15) is 33.1 Å². The van der Waals surface area contributed by atoms with Gasteiger partial charge in [0, 0.05) is 6.42 Å². The van der Waals surface area contributed by atoms with Gasteiger partial charge in [-0.1, -0.05) is 29.8 Å². The topological polar surface area (TPSA) is 71.4 Å². The Kier molecular flexibility index (Phi) is 2.58. The number of carbonyl (C=O) groups excluding carboxylic acids is 1. The molecule has 0 saturated heterocycles. The first-order valence-corrected chi connectivity index (χ1v) is 7.69. The van der Waals surface area contributed by atoms with Gasteiger partial charge in [-0.25, -0.2) is 0 Å². The van der Waals surface area contributed by atoms with E-state index in [1.165, 1.54) is 0 Å². The molecule has 0 aromatic carbocycles. The molecular weight excluding hydrogens is 296 g/mol. The number of Topliss-reactive ketones (excluding diaryl/α,β-unsaturated/α-hetero) is 1. The summed E-state index contributed by atoms with van der Waals surface area (Å²) in [5.74, 6) is 0.204. The number of alkyl halides is 1. The Balaban J connectivity index is 2.56. The fourth-order valence-corrected chi connectivity index (χ4v) is 5.63. The van der Waals surface area contributed by atoms with Gasteiger partial charge in [-0.15, -0.1) is 0 Å². The van der Waals surface area contributed by atoms with E-state index in [1.54, 1.807) is 0 Å². The monoisotopic (exact) mass is 310 g/mol. The number of halogens is 1. The number of fused-ring (bicyclic) bond motifs is 2. The summed E-state index contributed by atoms with van der Waals surface area (Å²) in [7, 11) is -4.24. The molecule has 0 aliphatic heterocycles. The summed E-state index contributed by atoms with van der Waals surface area (Å²) in [5, 5.41) is 0. The number of rotatable bonds is 2. The highest BCUT2D eigenvalue weighted by atomic mass is 79.9. The van der Waals surface area contributed by atoms with E-state index >= 15 is 0 Å². The molecule has 3 atom stereocenters. The van der Waals surface area contributed by atoms with Gasteiger partial charge in [-0.2, -0.15) is 8.42 Å². The summed E-state index contributed by atoms with van der Waals surface area (Å²) in [6.45, 7) is 3.85. The first-order chi connectivity index (χ1) is 7.14. The van der Waals surface area contributed by atoms with Crippen LogP contribution >= 0.6 is 15.9 Å². The van der Waals surface area contributed by atoms with Crippen molar-refractivity contribution in [3.8, 4) is 0 Å². The van der Waals surface area contributed by atoms with Crippen molar-refractivity contribution in [2.24, 2.45) is 16.7 Å². The van der Waals surface area contributed by atoms with Gasteiger partial charge in [-0.3, -0.25) is 9.35 Å². The highest BCUT2D eigenvalue weighted by Gasteiger charge is 2.69. The van der Waals surface area contributed by atoms with E-state index in [9.17, 15) is 17.8 Å². The van der Waals surface area contributed by atoms with Crippen molar-refractivity contribution in [2.45, 2.75) is 37.3 Å². The first-order valence-electron chi connectivity index (χ1n) is 5.27. The maximum Gasteiger partial charge on any atom is 0.278 e. The van der Waals surface area contributed by atoms with Crippen molar-refractivity contribution in [3.63, 3.8) is 0 Å². The van der Waals surface area contributed by atoms with Crippen molar-refractivity contribution in [2.75, 3.05) is 0 Å². The predicted molar refractivity (Wildman–Crippen MR) is 62.8 cm³/mol. The fourth-order valence-electron chi connectivity index (χ4n) is 3.50. The molecule has 2 aliphatic carbocycles. The lowest BCUT2D eigenvalue weighted by molar-refractivity contribution is -0.128.